The minimum Gasteiger partial charge on any atom is -0.385 e. The Kier molecular flexibility index (Phi) is 2.45. The fraction of sp³-hybridized carbons (Fsp3) is 0.429. The molecule has 0 bridgehead atoms. The third-order valence-electron chi connectivity index (χ3n) is 3.95. The molecule has 0 saturated heterocycles. The van der Waals surface area contributed by atoms with E-state index in [9.17, 15) is 5.11 Å². The third kappa shape index (κ3) is 1.85. The van der Waals surface area contributed by atoms with Crippen molar-refractivity contribution < 1.29 is 5.11 Å². The third-order valence-corrected chi connectivity index (χ3v) is 3.95. The SMILES string of the molecule is NC1CCC(O)(c2ccc3[nH]ccc3c2)CC1. The Morgan fingerprint density at radius 3 is 2.76 bits per heavy atom. The molecule has 0 aliphatic heterocycles. The first kappa shape index (κ1) is 10.8. The monoisotopic (exact) mass is 230 g/mol. The van der Waals surface area contributed by atoms with Gasteiger partial charge in [0.25, 0.3) is 0 Å². The van der Waals surface area contributed by atoms with Crippen molar-refractivity contribution in [3.8, 4) is 0 Å². The van der Waals surface area contributed by atoms with Crippen molar-refractivity contribution in [2.45, 2.75) is 37.3 Å². The van der Waals surface area contributed by atoms with Gasteiger partial charge >= 0.3 is 0 Å². The predicted octanol–water partition coefficient (Wildman–Crippen LogP) is 2.26. The molecular formula is C14H18N2O. The molecule has 1 aliphatic rings. The minimum atomic E-state index is -0.679. The summed E-state index contributed by atoms with van der Waals surface area (Å²) < 4.78 is 0. The number of nitrogens with two attached hydrogens (primary N) is 1. The van der Waals surface area contributed by atoms with Gasteiger partial charge in [0.1, 0.15) is 0 Å². The maximum atomic E-state index is 10.7. The number of benzene rings is 1. The van der Waals surface area contributed by atoms with Crippen LogP contribution in [0, 0.1) is 0 Å². The summed E-state index contributed by atoms with van der Waals surface area (Å²) in [5.41, 5.74) is 7.35. The lowest BCUT2D eigenvalue weighted by Crippen LogP contribution is -2.36. The molecule has 4 N–H and O–H groups in total. The summed E-state index contributed by atoms with van der Waals surface area (Å²) in [4.78, 5) is 3.17. The fourth-order valence-corrected chi connectivity index (χ4v) is 2.75. The molecule has 0 atom stereocenters. The molecule has 90 valence electrons. The molecule has 1 aliphatic carbocycles. The van der Waals surface area contributed by atoms with E-state index in [0.29, 0.717) is 0 Å². The van der Waals surface area contributed by atoms with Crippen molar-refractivity contribution in [3.63, 3.8) is 0 Å². The van der Waals surface area contributed by atoms with Crippen LogP contribution in [0.4, 0.5) is 0 Å². The van der Waals surface area contributed by atoms with Crippen molar-refractivity contribution in [1.82, 2.24) is 4.98 Å². The van der Waals surface area contributed by atoms with E-state index in [1.807, 2.05) is 24.4 Å². The van der Waals surface area contributed by atoms with Gasteiger partial charge in [-0.15, -0.1) is 0 Å². The quantitative estimate of drug-likeness (QED) is 0.703. The van der Waals surface area contributed by atoms with Crippen LogP contribution in [0.2, 0.25) is 0 Å². The number of H-pyrrole nitrogens is 1. The number of rotatable bonds is 1. The molecular weight excluding hydrogens is 212 g/mol. The van der Waals surface area contributed by atoms with Crippen LogP contribution in [0.25, 0.3) is 10.9 Å². The van der Waals surface area contributed by atoms with Gasteiger partial charge in [-0.2, -0.15) is 0 Å². The molecule has 3 nitrogen and oxygen atoms in total. The van der Waals surface area contributed by atoms with Gasteiger partial charge in [-0.3, -0.25) is 0 Å². The molecule has 0 unspecified atom stereocenters. The zero-order valence-corrected chi connectivity index (χ0v) is 9.82. The second-order valence-corrected chi connectivity index (χ2v) is 5.15. The van der Waals surface area contributed by atoms with Crippen molar-refractivity contribution in [3.05, 3.63) is 36.0 Å². The molecule has 1 fully saturated rings. The second-order valence-electron chi connectivity index (χ2n) is 5.15. The Hall–Kier alpha value is -1.32. The van der Waals surface area contributed by atoms with E-state index in [0.717, 1.165) is 42.1 Å². The molecule has 2 aromatic rings. The first-order valence-corrected chi connectivity index (χ1v) is 6.23. The number of fused-ring (bicyclic) bond motifs is 1. The molecule has 3 heteroatoms. The predicted molar refractivity (Wildman–Crippen MR) is 68.6 cm³/mol. The number of aliphatic hydroxyl groups is 1. The van der Waals surface area contributed by atoms with Crippen molar-refractivity contribution in [2.24, 2.45) is 5.73 Å². The molecule has 17 heavy (non-hydrogen) atoms. The second kappa shape index (κ2) is 3.86. The summed E-state index contributed by atoms with van der Waals surface area (Å²) in [7, 11) is 0. The van der Waals surface area contributed by atoms with Gasteiger partial charge in [-0.25, -0.2) is 0 Å². The molecule has 1 heterocycles. The van der Waals surface area contributed by atoms with Gasteiger partial charge < -0.3 is 15.8 Å². The van der Waals surface area contributed by atoms with Crippen molar-refractivity contribution >= 4 is 10.9 Å². The van der Waals surface area contributed by atoms with Crippen LogP contribution in [0.1, 0.15) is 31.2 Å². The smallest absolute Gasteiger partial charge is 0.0898 e. The maximum Gasteiger partial charge on any atom is 0.0898 e. The Bertz CT molecular complexity index is 524. The van der Waals surface area contributed by atoms with Gasteiger partial charge in [0.2, 0.25) is 0 Å². The number of hydrogen-bond acceptors (Lipinski definition) is 2. The van der Waals surface area contributed by atoms with Gasteiger partial charge in [-0.1, -0.05) is 6.07 Å². The average Bonchev–Trinajstić information content (AvgIpc) is 2.80. The number of hydrogen-bond donors (Lipinski definition) is 3. The maximum absolute atomic E-state index is 10.7. The first-order chi connectivity index (χ1) is 8.17. The molecule has 3 rings (SSSR count). The Balaban J connectivity index is 1.96. The largest absolute Gasteiger partial charge is 0.385 e. The number of aromatic nitrogens is 1. The van der Waals surface area contributed by atoms with Crippen LogP contribution in [-0.2, 0) is 5.60 Å². The van der Waals surface area contributed by atoms with E-state index in [1.54, 1.807) is 0 Å². The van der Waals surface area contributed by atoms with E-state index in [2.05, 4.69) is 11.1 Å². The zero-order valence-electron chi connectivity index (χ0n) is 9.82. The average molecular weight is 230 g/mol. The lowest BCUT2D eigenvalue weighted by molar-refractivity contribution is -0.00484. The summed E-state index contributed by atoms with van der Waals surface area (Å²) >= 11 is 0. The topological polar surface area (TPSA) is 62.0 Å². The van der Waals surface area contributed by atoms with Crippen molar-refractivity contribution in [1.29, 1.82) is 0 Å². The lowest BCUT2D eigenvalue weighted by Gasteiger charge is -2.35. The molecule has 1 saturated carbocycles. The van der Waals surface area contributed by atoms with Gasteiger partial charge in [0.15, 0.2) is 0 Å². The highest BCUT2D eigenvalue weighted by molar-refractivity contribution is 5.80. The van der Waals surface area contributed by atoms with E-state index in [1.165, 1.54) is 0 Å². The van der Waals surface area contributed by atoms with E-state index in [4.69, 9.17) is 5.73 Å². The fourth-order valence-electron chi connectivity index (χ4n) is 2.75. The molecule has 0 spiro atoms. The molecule has 1 aromatic heterocycles. The number of aromatic amines is 1. The standard InChI is InChI=1S/C14H18N2O/c15-12-3-6-14(17,7-4-12)11-1-2-13-10(9-11)5-8-16-13/h1-2,5,8-9,12,16-17H,3-4,6-7,15H2. The van der Waals surface area contributed by atoms with E-state index in [-0.39, 0.29) is 6.04 Å². The molecule has 1 aromatic carbocycles. The van der Waals surface area contributed by atoms with Crippen LogP contribution in [0.5, 0.6) is 0 Å². The van der Waals surface area contributed by atoms with Crippen LogP contribution >= 0.6 is 0 Å². The Morgan fingerprint density at radius 2 is 2.00 bits per heavy atom. The zero-order chi connectivity index (χ0) is 11.9. The first-order valence-electron chi connectivity index (χ1n) is 6.23. The van der Waals surface area contributed by atoms with Crippen LogP contribution < -0.4 is 5.73 Å². The van der Waals surface area contributed by atoms with Gasteiger partial charge in [0.05, 0.1) is 5.60 Å². The summed E-state index contributed by atoms with van der Waals surface area (Å²) in [6.45, 7) is 0. The highest BCUT2D eigenvalue weighted by Crippen LogP contribution is 2.37. The van der Waals surface area contributed by atoms with Crippen LogP contribution in [0.15, 0.2) is 30.5 Å². The molecule has 0 radical (unpaired) electrons. The van der Waals surface area contributed by atoms with Crippen LogP contribution in [-0.4, -0.2) is 16.1 Å². The normalized spacial score (nSPS) is 29.6. The number of nitrogens with one attached hydrogen (secondary N) is 1. The van der Waals surface area contributed by atoms with Gasteiger partial charge in [-0.05, 0) is 54.8 Å². The summed E-state index contributed by atoms with van der Waals surface area (Å²) in [5, 5.41) is 11.8. The summed E-state index contributed by atoms with van der Waals surface area (Å²) in [6.07, 6.45) is 5.27. The Morgan fingerprint density at radius 1 is 1.24 bits per heavy atom. The highest BCUT2D eigenvalue weighted by Gasteiger charge is 2.33. The summed E-state index contributed by atoms with van der Waals surface area (Å²) in [5.74, 6) is 0. The van der Waals surface area contributed by atoms with Crippen molar-refractivity contribution in [2.75, 3.05) is 0 Å². The summed E-state index contributed by atoms with van der Waals surface area (Å²) in [6, 6.07) is 8.44. The van der Waals surface area contributed by atoms with Crippen LogP contribution in [0.3, 0.4) is 0 Å². The van der Waals surface area contributed by atoms with E-state index >= 15 is 0 Å². The molecule has 0 amide bonds. The van der Waals surface area contributed by atoms with Gasteiger partial charge in [0, 0.05) is 17.8 Å². The minimum absolute atomic E-state index is 0.256. The lowest BCUT2D eigenvalue weighted by atomic mass is 9.78. The van der Waals surface area contributed by atoms with E-state index < -0.39 is 5.60 Å². The Labute approximate surface area is 101 Å². The highest BCUT2D eigenvalue weighted by atomic mass is 16.3.